The zero-order valence-electron chi connectivity index (χ0n) is 18.0. The maximum absolute atomic E-state index is 12.7. The van der Waals surface area contributed by atoms with E-state index in [9.17, 15) is 22.8 Å². The van der Waals surface area contributed by atoms with E-state index in [-0.39, 0.29) is 6.42 Å². The van der Waals surface area contributed by atoms with E-state index < -0.39 is 29.3 Å². The molecular formula is C23H24ClF3N2O3. The lowest BCUT2D eigenvalue weighted by Gasteiger charge is -2.32. The van der Waals surface area contributed by atoms with Crippen LogP contribution in [0.3, 0.4) is 0 Å². The molecule has 2 amide bonds. The molecule has 172 valence electrons. The fourth-order valence-electron chi connectivity index (χ4n) is 3.43. The van der Waals surface area contributed by atoms with Crippen molar-refractivity contribution in [3.63, 3.8) is 0 Å². The van der Waals surface area contributed by atoms with Gasteiger partial charge in [-0.15, -0.1) is 0 Å². The van der Waals surface area contributed by atoms with E-state index in [1.807, 2.05) is 0 Å². The van der Waals surface area contributed by atoms with Gasteiger partial charge in [-0.05, 0) is 62.1 Å². The van der Waals surface area contributed by atoms with E-state index in [4.69, 9.17) is 16.3 Å². The summed E-state index contributed by atoms with van der Waals surface area (Å²) >= 11 is 6.32. The van der Waals surface area contributed by atoms with Gasteiger partial charge >= 0.3 is 12.3 Å². The Morgan fingerprint density at radius 1 is 1.09 bits per heavy atom. The maximum Gasteiger partial charge on any atom is 0.416 e. The second-order valence-electron chi connectivity index (χ2n) is 8.63. The van der Waals surface area contributed by atoms with Gasteiger partial charge < -0.3 is 15.0 Å². The number of benzene rings is 2. The summed E-state index contributed by atoms with van der Waals surface area (Å²) in [5.41, 5.74) is 1.22. The highest BCUT2D eigenvalue weighted by molar-refractivity contribution is 6.34. The topological polar surface area (TPSA) is 58.6 Å². The summed E-state index contributed by atoms with van der Waals surface area (Å²) in [5.74, 6) is -0.394. The van der Waals surface area contributed by atoms with Crippen molar-refractivity contribution in [3.8, 4) is 0 Å². The highest BCUT2D eigenvalue weighted by Crippen LogP contribution is 2.33. The van der Waals surface area contributed by atoms with Crippen LogP contribution < -0.4 is 5.32 Å². The monoisotopic (exact) mass is 468 g/mol. The Balaban J connectivity index is 1.71. The van der Waals surface area contributed by atoms with Gasteiger partial charge in [0.25, 0.3) is 0 Å². The highest BCUT2D eigenvalue weighted by atomic mass is 35.5. The number of hydrogen-bond acceptors (Lipinski definition) is 3. The van der Waals surface area contributed by atoms with Crippen molar-refractivity contribution in [2.75, 3.05) is 11.9 Å². The summed E-state index contributed by atoms with van der Waals surface area (Å²) in [7, 11) is 0. The number of ether oxygens (including phenoxy) is 1. The van der Waals surface area contributed by atoms with Crippen LogP contribution >= 0.6 is 11.6 Å². The van der Waals surface area contributed by atoms with Crippen molar-refractivity contribution in [3.05, 3.63) is 63.7 Å². The largest absolute Gasteiger partial charge is 0.444 e. The molecule has 1 N–H and O–H groups in total. The summed E-state index contributed by atoms with van der Waals surface area (Å²) in [6.45, 7) is 6.12. The molecule has 0 aliphatic carbocycles. The van der Waals surface area contributed by atoms with E-state index in [0.29, 0.717) is 35.8 Å². The van der Waals surface area contributed by atoms with Crippen molar-refractivity contribution >= 4 is 29.3 Å². The molecule has 0 fully saturated rings. The van der Waals surface area contributed by atoms with Gasteiger partial charge in [0.05, 0.1) is 22.7 Å². The fraction of sp³-hybridized carbons (Fsp3) is 0.391. The van der Waals surface area contributed by atoms with E-state index in [0.717, 1.165) is 23.3 Å². The number of anilines is 1. The molecule has 5 nitrogen and oxygen atoms in total. The smallest absolute Gasteiger partial charge is 0.416 e. The van der Waals surface area contributed by atoms with Crippen LogP contribution in [0.1, 0.15) is 43.0 Å². The number of alkyl halides is 3. The predicted octanol–water partition coefficient (Wildman–Crippen LogP) is 5.83. The summed E-state index contributed by atoms with van der Waals surface area (Å²) in [6, 6.07) is 7.91. The number of halogens is 4. The lowest BCUT2D eigenvalue weighted by atomic mass is 9.97. The summed E-state index contributed by atoms with van der Waals surface area (Å²) in [6.07, 6.45) is -4.45. The summed E-state index contributed by atoms with van der Waals surface area (Å²) < 4.78 is 43.5. The Morgan fingerprint density at radius 3 is 2.34 bits per heavy atom. The minimum atomic E-state index is -4.43. The van der Waals surface area contributed by atoms with Crippen LogP contribution in [0.25, 0.3) is 0 Å². The second-order valence-corrected chi connectivity index (χ2v) is 9.04. The zero-order chi connectivity index (χ0) is 23.7. The third kappa shape index (κ3) is 5.94. The molecule has 32 heavy (non-hydrogen) atoms. The Bertz CT molecular complexity index is 1010. The van der Waals surface area contributed by atoms with Crippen LogP contribution in [-0.4, -0.2) is 29.0 Å². The number of carbonyl (C=O) groups excluding carboxylic acids is 2. The second kappa shape index (κ2) is 9.02. The first-order chi connectivity index (χ1) is 14.8. The molecular weight excluding hydrogens is 445 g/mol. The lowest BCUT2D eigenvalue weighted by molar-refractivity contribution is -0.137. The molecule has 0 unspecified atom stereocenters. The van der Waals surface area contributed by atoms with Gasteiger partial charge in [0.2, 0.25) is 5.91 Å². The number of fused-ring (bicyclic) bond motifs is 1. The molecule has 0 radical (unpaired) electrons. The van der Waals surface area contributed by atoms with Gasteiger partial charge in [0.15, 0.2) is 0 Å². The Labute approximate surface area is 189 Å². The average molecular weight is 469 g/mol. The number of amides is 2. The third-order valence-electron chi connectivity index (χ3n) is 4.91. The maximum atomic E-state index is 12.7. The standard InChI is InChI=1S/C23H24ClF3N2O3/c1-22(2,3)32-21(31)29-11-10-17-15(13-29)6-9-18(24)20(17)28-19(30)12-14-4-7-16(8-5-14)23(25,26)27/h4-9H,10-13H2,1-3H3,(H,28,30). The van der Waals surface area contributed by atoms with Gasteiger partial charge in [-0.1, -0.05) is 29.8 Å². The zero-order valence-corrected chi connectivity index (χ0v) is 18.7. The highest BCUT2D eigenvalue weighted by Gasteiger charge is 2.30. The molecule has 2 aromatic rings. The van der Waals surface area contributed by atoms with Crippen molar-refractivity contribution in [1.29, 1.82) is 0 Å². The summed E-state index contributed by atoms with van der Waals surface area (Å²) in [4.78, 5) is 26.5. The van der Waals surface area contributed by atoms with Crippen molar-refractivity contribution in [2.24, 2.45) is 0 Å². The molecule has 0 aromatic heterocycles. The van der Waals surface area contributed by atoms with Crippen LogP contribution in [0.2, 0.25) is 5.02 Å². The van der Waals surface area contributed by atoms with Crippen LogP contribution in [0, 0.1) is 0 Å². The number of rotatable bonds is 3. The lowest BCUT2D eigenvalue weighted by Crippen LogP contribution is -2.40. The van der Waals surface area contributed by atoms with Gasteiger partial charge in [0.1, 0.15) is 5.60 Å². The number of hydrogen-bond donors (Lipinski definition) is 1. The number of nitrogens with one attached hydrogen (secondary N) is 1. The SMILES string of the molecule is CC(C)(C)OC(=O)N1CCc2c(ccc(Cl)c2NC(=O)Cc2ccc(C(F)(F)F)cc2)C1. The molecule has 0 bridgehead atoms. The number of nitrogens with zero attached hydrogens (tertiary/aromatic N) is 1. The minimum Gasteiger partial charge on any atom is -0.444 e. The van der Waals surface area contributed by atoms with Crippen LogP contribution in [0.15, 0.2) is 36.4 Å². The van der Waals surface area contributed by atoms with Crippen molar-refractivity contribution in [1.82, 2.24) is 4.90 Å². The van der Waals surface area contributed by atoms with Gasteiger partial charge in [-0.2, -0.15) is 13.2 Å². The average Bonchev–Trinajstić information content (AvgIpc) is 2.68. The Morgan fingerprint density at radius 2 is 1.75 bits per heavy atom. The first-order valence-electron chi connectivity index (χ1n) is 10.1. The van der Waals surface area contributed by atoms with Crippen molar-refractivity contribution < 1.29 is 27.5 Å². The normalized spacial score (nSPS) is 14.0. The van der Waals surface area contributed by atoms with E-state index in [1.165, 1.54) is 12.1 Å². The van der Waals surface area contributed by atoms with E-state index in [2.05, 4.69) is 5.32 Å². The van der Waals surface area contributed by atoms with Crippen LogP contribution in [0.4, 0.5) is 23.7 Å². The predicted molar refractivity (Wildman–Crippen MR) is 116 cm³/mol. The van der Waals surface area contributed by atoms with E-state index >= 15 is 0 Å². The fourth-order valence-corrected chi connectivity index (χ4v) is 3.65. The molecule has 1 heterocycles. The molecule has 9 heteroatoms. The molecule has 0 saturated carbocycles. The molecule has 2 aromatic carbocycles. The van der Waals surface area contributed by atoms with Gasteiger partial charge in [-0.25, -0.2) is 4.79 Å². The van der Waals surface area contributed by atoms with Gasteiger partial charge in [-0.3, -0.25) is 4.79 Å². The minimum absolute atomic E-state index is 0.0951. The van der Waals surface area contributed by atoms with Crippen molar-refractivity contribution in [2.45, 2.75) is 51.9 Å². The quantitative estimate of drug-likeness (QED) is 0.616. The molecule has 0 atom stereocenters. The summed E-state index contributed by atoms with van der Waals surface area (Å²) in [5, 5.41) is 3.14. The molecule has 1 aliphatic rings. The Kier molecular flexibility index (Phi) is 6.74. The van der Waals surface area contributed by atoms with E-state index in [1.54, 1.807) is 37.8 Å². The molecule has 1 aliphatic heterocycles. The molecule has 3 rings (SSSR count). The first kappa shape index (κ1) is 23.9. The first-order valence-corrected chi connectivity index (χ1v) is 10.5. The van der Waals surface area contributed by atoms with Gasteiger partial charge in [0, 0.05) is 13.1 Å². The molecule has 0 saturated heterocycles. The molecule has 0 spiro atoms. The number of carbonyl (C=O) groups is 2. The van der Waals surface area contributed by atoms with Crippen LogP contribution in [0.5, 0.6) is 0 Å². The van der Waals surface area contributed by atoms with Crippen LogP contribution in [-0.2, 0) is 35.1 Å². The third-order valence-corrected chi connectivity index (χ3v) is 5.23. The Hall–Kier alpha value is -2.74.